The van der Waals surface area contributed by atoms with Gasteiger partial charge in [0.15, 0.2) is 0 Å². The third-order valence-electron chi connectivity index (χ3n) is 4.80. The van der Waals surface area contributed by atoms with Crippen LogP contribution in [0.4, 0.5) is 0 Å². The number of carbonyl (C=O) groups excluding carboxylic acids is 1. The van der Waals surface area contributed by atoms with Gasteiger partial charge in [-0.1, -0.05) is 6.92 Å². The Labute approximate surface area is 115 Å². The average Bonchev–Trinajstić information content (AvgIpc) is 2.90. The smallest absolute Gasteiger partial charge is 0.229 e. The second-order valence-electron chi connectivity index (χ2n) is 5.64. The van der Waals surface area contributed by atoms with Gasteiger partial charge < -0.3 is 19.7 Å². The Hall–Kier alpha value is -0.650. The van der Waals surface area contributed by atoms with E-state index < -0.39 is 0 Å². The van der Waals surface area contributed by atoms with Gasteiger partial charge in [0.05, 0.1) is 5.41 Å². The summed E-state index contributed by atoms with van der Waals surface area (Å²) < 4.78 is 10.8. The van der Waals surface area contributed by atoms with Crippen molar-refractivity contribution in [3.63, 3.8) is 0 Å². The zero-order valence-corrected chi connectivity index (χ0v) is 12.3. The molecular formula is C14H26N2O3. The summed E-state index contributed by atoms with van der Waals surface area (Å²) in [7, 11) is 3.37. The first-order valence-corrected chi connectivity index (χ1v) is 7.22. The van der Waals surface area contributed by atoms with E-state index in [4.69, 9.17) is 9.47 Å². The van der Waals surface area contributed by atoms with Gasteiger partial charge in [-0.3, -0.25) is 4.79 Å². The van der Waals surface area contributed by atoms with Crippen LogP contribution in [0.5, 0.6) is 0 Å². The molecule has 0 aliphatic carbocycles. The highest BCUT2D eigenvalue weighted by molar-refractivity contribution is 5.83. The van der Waals surface area contributed by atoms with Crippen molar-refractivity contribution in [2.45, 2.75) is 38.4 Å². The highest BCUT2D eigenvalue weighted by Crippen LogP contribution is 2.36. The number of amides is 1. The van der Waals surface area contributed by atoms with E-state index in [1.54, 1.807) is 14.2 Å². The van der Waals surface area contributed by atoms with E-state index in [-0.39, 0.29) is 23.5 Å². The molecule has 2 aliphatic heterocycles. The van der Waals surface area contributed by atoms with E-state index in [9.17, 15) is 4.79 Å². The largest absolute Gasteiger partial charge is 0.377 e. The van der Waals surface area contributed by atoms with E-state index in [0.29, 0.717) is 13.1 Å². The Balaban J connectivity index is 2.06. The third kappa shape index (κ3) is 2.78. The maximum Gasteiger partial charge on any atom is 0.229 e. The number of piperidine rings is 1. The molecule has 110 valence electrons. The van der Waals surface area contributed by atoms with Crippen LogP contribution in [-0.2, 0) is 14.3 Å². The summed E-state index contributed by atoms with van der Waals surface area (Å²) in [5.74, 6) is 0.290. The number of carbonyl (C=O) groups is 1. The number of hydrogen-bond donors (Lipinski definition) is 1. The fourth-order valence-corrected chi connectivity index (χ4v) is 3.32. The van der Waals surface area contributed by atoms with Crippen molar-refractivity contribution in [3.05, 3.63) is 0 Å². The number of rotatable bonds is 4. The normalized spacial score (nSPS) is 30.6. The van der Waals surface area contributed by atoms with E-state index in [1.807, 2.05) is 4.90 Å². The van der Waals surface area contributed by atoms with Crippen molar-refractivity contribution >= 4 is 5.91 Å². The molecule has 0 aromatic rings. The van der Waals surface area contributed by atoms with E-state index in [1.165, 1.54) is 0 Å². The predicted molar refractivity (Wildman–Crippen MR) is 73.0 cm³/mol. The SMILES string of the molecule is CCC1(C(=O)N2CC(OC)C(OC)C2)CCNCC1. The van der Waals surface area contributed by atoms with Crippen LogP contribution in [0.3, 0.4) is 0 Å². The van der Waals surface area contributed by atoms with Gasteiger partial charge in [-0.25, -0.2) is 0 Å². The lowest BCUT2D eigenvalue weighted by atomic mass is 9.75. The van der Waals surface area contributed by atoms with Gasteiger partial charge >= 0.3 is 0 Å². The number of likely N-dealkylation sites (tertiary alicyclic amines) is 1. The number of methoxy groups -OCH3 is 2. The van der Waals surface area contributed by atoms with Gasteiger partial charge in [0.2, 0.25) is 5.91 Å². The molecule has 0 spiro atoms. The van der Waals surface area contributed by atoms with Gasteiger partial charge in [-0.2, -0.15) is 0 Å². The predicted octanol–water partition coefficient (Wildman–Crippen LogP) is 0.638. The van der Waals surface area contributed by atoms with Crippen molar-refractivity contribution in [2.75, 3.05) is 40.4 Å². The molecule has 1 amide bonds. The second-order valence-corrected chi connectivity index (χ2v) is 5.64. The van der Waals surface area contributed by atoms with E-state index >= 15 is 0 Å². The summed E-state index contributed by atoms with van der Waals surface area (Å²) in [6.07, 6.45) is 2.80. The van der Waals surface area contributed by atoms with Gasteiger partial charge in [0.1, 0.15) is 12.2 Å². The minimum atomic E-state index is -0.174. The van der Waals surface area contributed by atoms with E-state index in [2.05, 4.69) is 12.2 Å². The maximum atomic E-state index is 12.9. The quantitative estimate of drug-likeness (QED) is 0.814. The second kappa shape index (κ2) is 6.20. The minimum Gasteiger partial charge on any atom is -0.377 e. The first kappa shape index (κ1) is 14.8. The summed E-state index contributed by atoms with van der Waals surface area (Å²) >= 11 is 0. The molecule has 2 aliphatic rings. The molecule has 0 aromatic carbocycles. The van der Waals surface area contributed by atoms with Crippen LogP contribution >= 0.6 is 0 Å². The highest BCUT2D eigenvalue weighted by atomic mass is 16.5. The molecule has 2 heterocycles. The zero-order chi connectivity index (χ0) is 13.9. The Bertz CT molecular complexity index is 304. The van der Waals surface area contributed by atoms with Crippen molar-refractivity contribution in [1.29, 1.82) is 0 Å². The molecule has 2 rings (SSSR count). The highest BCUT2D eigenvalue weighted by Gasteiger charge is 2.44. The molecule has 2 atom stereocenters. The van der Waals surface area contributed by atoms with Crippen LogP contribution in [0.25, 0.3) is 0 Å². The number of ether oxygens (including phenoxy) is 2. The average molecular weight is 270 g/mol. The minimum absolute atomic E-state index is 0.00423. The van der Waals surface area contributed by atoms with Crippen LogP contribution in [0.1, 0.15) is 26.2 Å². The number of nitrogens with zero attached hydrogens (tertiary/aromatic N) is 1. The summed E-state index contributed by atoms with van der Waals surface area (Å²) in [5, 5.41) is 3.34. The molecule has 5 heteroatoms. The van der Waals surface area contributed by atoms with Crippen molar-refractivity contribution in [1.82, 2.24) is 10.2 Å². The van der Waals surface area contributed by atoms with Gasteiger partial charge in [-0.05, 0) is 32.4 Å². The lowest BCUT2D eigenvalue weighted by Gasteiger charge is -2.38. The molecule has 0 radical (unpaired) electrons. The first-order valence-electron chi connectivity index (χ1n) is 7.22. The Kier molecular flexibility index (Phi) is 4.81. The van der Waals surface area contributed by atoms with Crippen molar-refractivity contribution in [3.8, 4) is 0 Å². The van der Waals surface area contributed by atoms with Crippen LogP contribution in [-0.4, -0.2) is 63.4 Å². The lowest BCUT2D eigenvalue weighted by molar-refractivity contribution is -0.143. The Morgan fingerprint density at radius 1 is 1.21 bits per heavy atom. The summed E-state index contributed by atoms with van der Waals surface area (Å²) in [5.41, 5.74) is -0.174. The van der Waals surface area contributed by atoms with Gasteiger partial charge in [-0.15, -0.1) is 0 Å². The first-order chi connectivity index (χ1) is 9.16. The molecule has 0 aromatic heterocycles. The zero-order valence-electron chi connectivity index (χ0n) is 12.3. The van der Waals surface area contributed by atoms with Crippen molar-refractivity contribution < 1.29 is 14.3 Å². The molecule has 0 bridgehead atoms. The number of hydrogen-bond acceptors (Lipinski definition) is 4. The fraction of sp³-hybridized carbons (Fsp3) is 0.929. The topological polar surface area (TPSA) is 50.8 Å². The molecule has 0 saturated carbocycles. The molecule has 5 nitrogen and oxygen atoms in total. The maximum absolute atomic E-state index is 12.9. The van der Waals surface area contributed by atoms with E-state index in [0.717, 1.165) is 32.4 Å². The van der Waals surface area contributed by atoms with Gasteiger partial charge in [0, 0.05) is 27.3 Å². The standard InChI is InChI=1S/C14H26N2O3/c1-4-14(5-7-15-8-6-14)13(17)16-9-11(18-2)12(10-16)19-3/h11-12,15H,4-10H2,1-3H3. The molecule has 2 unspecified atom stereocenters. The third-order valence-corrected chi connectivity index (χ3v) is 4.80. The van der Waals surface area contributed by atoms with Gasteiger partial charge in [0.25, 0.3) is 0 Å². The molecule has 2 fully saturated rings. The molecule has 2 saturated heterocycles. The number of nitrogens with one attached hydrogen (secondary N) is 1. The Morgan fingerprint density at radius 2 is 1.74 bits per heavy atom. The molecular weight excluding hydrogens is 244 g/mol. The molecule has 19 heavy (non-hydrogen) atoms. The molecule has 1 N–H and O–H groups in total. The lowest BCUT2D eigenvalue weighted by Crippen LogP contribution is -2.48. The summed E-state index contributed by atoms with van der Waals surface area (Å²) in [6, 6.07) is 0. The monoisotopic (exact) mass is 270 g/mol. The van der Waals surface area contributed by atoms with Crippen LogP contribution in [0.2, 0.25) is 0 Å². The summed E-state index contributed by atoms with van der Waals surface area (Å²) in [6.45, 7) is 5.32. The summed E-state index contributed by atoms with van der Waals surface area (Å²) in [4.78, 5) is 14.8. The van der Waals surface area contributed by atoms with Crippen LogP contribution in [0, 0.1) is 5.41 Å². The fourth-order valence-electron chi connectivity index (χ4n) is 3.32. The van der Waals surface area contributed by atoms with Crippen LogP contribution < -0.4 is 5.32 Å². The van der Waals surface area contributed by atoms with Crippen molar-refractivity contribution in [2.24, 2.45) is 5.41 Å². The van der Waals surface area contributed by atoms with Crippen LogP contribution in [0.15, 0.2) is 0 Å². The Morgan fingerprint density at radius 3 is 2.16 bits per heavy atom.